The molecule has 2 aliphatic carbocycles. The molecule has 0 amide bonds. The molecule has 0 atom stereocenters. The Morgan fingerprint density at radius 3 is 2.26 bits per heavy atom. The summed E-state index contributed by atoms with van der Waals surface area (Å²) >= 11 is -0.703. The van der Waals surface area contributed by atoms with Gasteiger partial charge in [-0.05, 0) is 0 Å². The van der Waals surface area contributed by atoms with Gasteiger partial charge in [-0.1, -0.05) is 0 Å². The van der Waals surface area contributed by atoms with E-state index in [2.05, 4.69) is 49.5 Å². The van der Waals surface area contributed by atoms with Gasteiger partial charge in [0.25, 0.3) is 0 Å². The third-order valence-electron chi connectivity index (χ3n) is 4.83. The van der Waals surface area contributed by atoms with Crippen LogP contribution in [0.4, 0.5) is 0 Å². The van der Waals surface area contributed by atoms with Crippen molar-refractivity contribution in [3.05, 3.63) is 45.9 Å². The molecule has 0 aromatic carbocycles. The van der Waals surface area contributed by atoms with Gasteiger partial charge in [-0.15, -0.1) is 0 Å². The van der Waals surface area contributed by atoms with E-state index in [0.717, 1.165) is 0 Å². The minimum absolute atomic E-state index is 0. The summed E-state index contributed by atoms with van der Waals surface area (Å²) in [7, 11) is -0.957. The molecule has 0 spiro atoms. The number of hydrogen-bond donors (Lipinski definition) is 0. The molecule has 0 aromatic heterocycles. The van der Waals surface area contributed by atoms with Crippen LogP contribution in [-0.2, 0) is 22.9 Å². The molecule has 0 unspecified atom stereocenters. The number of allylic oxidation sites excluding steroid dienone is 8. The first kappa shape index (κ1) is 17.7. The maximum Gasteiger partial charge on any atom is -1.00 e. The zero-order valence-electron chi connectivity index (χ0n) is 11.3. The standard InChI is InChI=1S/C10H15Si.C5H5.2ClH.Hf/c1-2-11(8-5-9-11)10-6-3-4-7-10;1-2-4-5-3-1;;;/h3-4,6-7H,2,5,8-9H2,1H3;1-3H,4H2;2*1H;/q;;;;+2/p-2. The minimum Gasteiger partial charge on any atom is -1.00 e. The Labute approximate surface area is 141 Å². The first-order valence-corrected chi connectivity index (χ1v) is 13.0. The second-order valence-electron chi connectivity index (χ2n) is 5.52. The van der Waals surface area contributed by atoms with E-state index in [9.17, 15) is 0 Å². The Bertz CT molecular complexity index is 416. The fraction of sp³-hybridized carbons (Fsp3) is 0.467. The molecule has 0 radical (unpaired) electrons. The van der Waals surface area contributed by atoms with Crippen molar-refractivity contribution >= 4 is 8.07 Å². The zero-order valence-corrected chi connectivity index (χ0v) is 17.4. The fourth-order valence-electron chi connectivity index (χ4n) is 3.51. The maximum atomic E-state index is 2.63. The summed E-state index contributed by atoms with van der Waals surface area (Å²) in [6.07, 6.45) is 19.8. The summed E-state index contributed by atoms with van der Waals surface area (Å²) in [5.41, 5.74) is 0. The topological polar surface area (TPSA) is 0 Å². The quantitative estimate of drug-likeness (QED) is 0.438. The molecule has 0 nitrogen and oxygen atoms in total. The molecule has 0 bridgehead atoms. The van der Waals surface area contributed by atoms with Crippen molar-refractivity contribution < 1.29 is 47.7 Å². The predicted molar refractivity (Wildman–Crippen MR) is 73.3 cm³/mol. The summed E-state index contributed by atoms with van der Waals surface area (Å²) < 4.78 is 2.51. The van der Waals surface area contributed by atoms with E-state index < -0.39 is 31.0 Å². The van der Waals surface area contributed by atoms with Crippen LogP contribution in [0.5, 0.6) is 0 Å². The Hall–Kier alpha value is 0.627. The largest absolute Gasteiger partial charge is 1.00 e. The van der Waals surface area contributed by atoms with E-state index in [1.165, 1.54) is 18.9 Å². The van der Waals surface area contributed by atoms with Crippen LogP contribution in [0.2, 0.25) is 20.9 Å². The first-order chi connectivity index (χ1) is 8.30. The normalized spacial score (nSPS) is 23.9. The third-order valence-corrected chi connectivity index (χ3v) is 22.8. The number of halogens is 2. The van der Waals surface area contributed by atoms with Crippen LogP contribution in [0.1, 0.15) is 19.8 Å². The van der Waals surface area contributed by atoms with Gasteiger partial charge in [-0.25, -0.2) is 0 Å². The van der Waals surface area contributed by atoms with Gasteiger partial charge in [0.05, 0.1) is 0 Å². The Balaban J connectivity index is 0.000000902. The molecule has 102 valence electrons. The van der Waals surface area contributed by atoms with Crippen LogP contribution in [0, 0.1) is 0 Å². The van der Waals surface area contributed by atoms with Crippen molar-refractivity contribution in [3.63, 3.8) is 0 Å². The fourth-order valence-corrected chi connectivity index (χ4v) is 21.4. The van der Waals surface area contributed by atoms with E-state index >= 15 is 0 Å². The van der Waals surface area contributed by atoms with Crippen molar-refractivity contribution in [1.82, 2.24) is 0 Å². The van der Waals surface area contributed by atoms with Crippen LogP contribution in [-0.4, -0.2) is 8.07 Å². The van der Waals surface area contributed by atoms with Crippen LogP contribution >= 0.6 is 0 Å². The number of rotatable bonds is 4. The van der Waals surface area contributed by atoms with Crippen LogP contribution in [0.15, 0.2) is 45.9 Å². The van der Waals surface area contributed by atoms with E-state index in [0.29, 0.717) is 2.79 Å². The molecule has 0 saturated carbocycles. The molecule has 3 aliphatic rings. The van der Waals surface area contributed by atoms with Gasteiger partial charge in [0.15, 0.2) is 0 Å². The molecule has 4 heteroatoms. The second kappa shape index (κ2) is 7.06. The molecule has 1 fully saturated rings. The van der Waals surface area contributed by atoms with E-state index in [1.807, 2.05) is 3.33 Å². The zero-order chi connectivity index (χ0) is 11.8. The summed E-state index contributed by atoms with van der Waals surface area (Å²) in [5.74, 6) is 0. The summed E-state index contributed by atoms with van der Waals surface area (Å²) in [4.78, 5) is 0. The smallest absolute Gasteiger partial charge is 1.00 e. The second-order valence-corrected chi connectivity index (χ2v) is 18.6. The molecule has 0 aromatic rings. The third kappa shape index (κ3) is 2.97. The van der Waals surface area contributed by atoms with Crippen LogP contribution in [0.3, 0.4) is 0 Å². The van der Waals surface area contributed by atoms with Gasteiger partial charge in [0.2, 0.25) is 0 Å². The van der Waals surface area contributed by atoms with Crippen molar-refractivity contribution in [2.75, 3.05) is 0 Å². The van der Waals surface area contributed by atoms with Gasteiger partial charge in [-0.2, -0.15) is 0 Å². The van der Waals surface area contributed by atoms with Crippen molar-refractivity contribution in [2.24, 2.45) is 0 Å². The van der Waals surface area contributed by atoms with Gasteiger partial charge < -0.3 is 24.8 Å². The molecule has 3 rings (SSSR count). The van der Waals surface area contributed by atoms with Gasteiger partial charge in [-0.3, -0.25) is 0 Å². The van der Waals surface area contributed by atoms with Gasteiger partial charge in [0, 0.05) is 0 Å². The molecule has 19 heavy (non-hydrogen) atoms. The van der Waals surface area contributed by atoms with Crippen LogP contribution in [0.25, 0.3) is 0 Å². The van der Waals surface area contributed by atoms with Crippen molar-refractivity contribution in [2.45, 2.75) is 40.7 Å². The Kier molecular flexibility index (Phi) is 6.57. The Morgan fingerprint density at radius 2 is 1.84 bits per heavy atom. The van der Waals surface area contributed by atoms with E-state index in [4.69, 9.17) is 0 Å². The van der Waals surface area contributed by atoms with Gasteiger partial charge >= 0.3 is 118 Å². The number of hydrogen-bond acceptors (Lipinski definition) is 0. The average Bonchev–Trinajstić information content (AvgIpc) is 2.90. The first-order valence-electron chi connectivity index (χ1n) is 6.81. The molecule has 0 N–H and O–H groups in total. The molecule has 1 saturated heterocycles. The van der Waals surface area contributed by atoms with E-state index in [1.54, 1.807) is 12.1 Å². The van der Waals surface area contributed by atoms with Gasteiger partial charge in [0.1, 0.15) is 0 Å². The summed E-state index contributed by atoms with van der Waals surface area (Å²) in [6.45, 7) is 2.47. The predicted octanol–water partition coefficient (Wildman–Crippen LogP) is -1.38. The average molecular weight is 478 g/mol. The van der Waals surface area contributed by atoms with Crippen LogP contribution < -0.4 is 24.8 Å². The van der Waals surface area contributed by atoms with Crippen molar-refractivity contribution in [3.8, 4) is 0 Å². The molecular weight excluding hydrogens is 458 g/mol. The maximum absolute atomic E-state index is 2.63. The Morgan fingerprint density at radius 1 is 1.16 bits per heavy atom. The summed E-state index contributed by atoms with van der Waals surface area (Å²) in [5, 5.41) is 0. The minimum atomic E-state index is -0.957. The van der Waals surface area contributed by atoms with Crippen molar-refractivity contribution in [1.29, 1.82) is 0 Å². The monoisotopic (exact) mass is 478 g/mol. The molecule has 1 heterocycles. The molecular formula is C15H20Cl2HfSi. The molecule has 1 aliphatic heterocycles. The summed E-state index contributed by atoms with van der Waals surface area (Å²) in [6, 6.07) is 4.72. The SMILES string of the molecule is CC[Si]1([C]2([Hf+2][C]3=CC=CC3)C=CC=C2)CCC1.[Cl-].[Cl-]. The van der Waals surface area contributed by atoms with E-state index in [-0.39, 0.29) is 24.8 Å².